The summed E-state index contributed by atoms with van der Waals surface area (Å²) in [5.74, 6) is 0.532. The van der Waals surface area contributed by atoms with E-state index in [1.54, 1.807) is 19.2 Å². The Bertz CT molecular complexity index is 2530. The number of methoxy groups -OCH3 is 1. The van der Waals surface area contributed by atoms with Crippen molar-refractivity contribution in [3.63, 3.8) is 0 Å². The van der Waals surface area contributed by atoms with Gasteiger partial charge in [0.05, 0.1) is 39.6 Å². The summed E-state index contributed by atoms with van der Waals surface area (Å²) in [5, 5.41) is 33.9. The zero-order chi connectivity index (χ0) is 45.8. The van der Waals surface area contributed by atoms with E-state index in [1.165, 1.54) is 28.7 Å². The van der Waals surface area contributed by atoms with Gasteiger partial charge in [0.1, 0.15) is 11.5 Å². The molecular formula is C47H58ClN5O8S2Si. The van der Waals surface area contributed by atoms with Crippen LogP contribution in [0.1, 0.15) is 85.8 Å². The Morgan fingerprint density at radius 2 is 1.77 bits per heavy atom. The highest BCUT2D eigenvalue weighted by molar-refractivity contribution is 7.12. The van der Waals surface area contributed by atoms with Gasteiger partial charge in [-0.3, -0.25) is 4.79 Å². The number of carboxylic acids is 1. The standard InChI is InChI=1S/C47H58ClN5O8S2Si/c1-46(2,3)64(6,7)61-38(32-18-20-36(54)43-33(32)19-21-41(55)50-43)28-49-27-29-25-35(48)34(26-37(29)58-5)44-51-42(60-52-44)13-8-22-53(4)30-14-16-31(17-15-30)59-47(45(56)57,39-11-9-23-62-39)40-12-10-24-63-40/h9-12,18-21,23-26,30-31,38,49,54H,8,13-17,22,27-28H2,1-7H3,(H,50,55)(H,56,57)/t30?,31?,38-/m0/s1. The second-order valence-corrected chi connectivity index (χ2v) is 25.1. The lowest BCUT2D eigenvalue weighted by molar-refractivity contribution is -0.170. The zero-order valence-corrected chi connectivity index (χ0v) is 40.8. The van der Waals surface area contributed by atoms with Crippen LogP contribution in [0, 0.1) is 0 Å². The van der Waals surface area contributed by atoms with Gasteiger partial charge in [-0.05, 0) is 117 Å². The van der Waals surface area contributed by atoms with E-state index >= 15 is 0 Å². The minimum atomic E-state index is -2.28. The summed E-state index contributed by atoms with van der Waals surface area (Å²) >= 11 is 9.72. The number of aromatic amines is 1. The first-order valence-corrected chi connectivity index (χ1v) is 26.7. The maximum Gasteiger partial charge on any atom is 0.347 e. The van der Waals surface area contributed by atoms with Crippen molar-refractivity contribution in [1.82, 2.24) is 25.3 Å². The Hall–Kier alpha value is -4.39. The van der Waals surface area contributed by atoms with Gasteiger partial charge in [-0.1, -0.05) is 55.7 Å². The average molecular weight is 949 g/mol. The summed E-state index contributed by atoms with van der Waals surface area (Å²) in [5.41, 5.74) is 0.885. The predicted molar refractivity (Wildman–Crippen MR) is 255 cm³/mol. The van der Waals surface area contributed by atoms with Crippen LogP contribution in [0.4, 0.5) is 0 Å². The molecule has 2 aromatic carbocycles. The number of benzene rings is 2. The molecule has 0 radical (unpaired) electrons. The number of nitrogens with zero attached hydrogens (tertiary/aromatic N) is 3. The van der Waals surface area contributed by atoms with Gasteiger partial charge in [-0.15, -0.1) is 22.7 Å². The topological polar surface area (TPSA) is 172 Å². The number of hydrogen-bond acceptors (Lipinski definition) is 13. The largest absolute Gasteiger partial charge is 0.506 e. The van der Waals surface area contributed by atoms with Crippen molar-refractivity contribution >= 4 is 59.5 Å². The number of phenols is 1. The fourth-order valence-corrected chi connectivity index (χ4v) is 11.5. The normalized spacial score (nSPS) is 16.7. The van der Waals surface area contributed by atoms with Crippen LogP contribution in [-0.4, -0.2) is 83.9 Å². The number of hydrogen-bond donors (Lipinski definition) is 4. The first kappa shape index (κ1) is 47.6. The Kier molecular flexibility index (Phi) is 14.9. The highest BCUT2D eigenvalue weighted by Crippen LogP contribution is 2.44. The fraction of sp³-hybridized carbons (Fsp3) is 0.447. The Morgan fingerprint density at radius 1 is 1.06 bits per heavy atom. The molecule has 342 valence electrons. The van der Waals surface area contributed by atoms with E-state index in [1.807, 2.05) is 53.2 Å². The Morgan fingerprint density at radius 3 is 2.39 bits per heavy atom. The molecule has 7 rings (SSSR count). The molecule has 0 unspecified atom stereocenters. The smallest absolute Gasteiger partial charge is 0.347 e. The SMILES string of the molecule is COc1cc(-c2noc(CCCN(C)C3CCC(OC(C(=O)O)(c4cccs4)c4cccs4)CC3)n2)c(Cl)cc1CNC[C@H](O[Si](C)(C)C(C)(C)C)c1ccc(O)c2[nH]c(=O)ccc12. The van der Waals surface area contributed by atoms with Crippen molar-refractivity contribution in [2.24, 2.45) is 0 Å². The number of fused-ring (bicyclic) bond motifs is 1. The molecule has 1 atom stereocenters. The van der Waals surface area contributed by atoms with E-state index in [0.717, 1.165) is 55.2 Å². The summed E-state index contributed by atoms with van der Waals surface area (Å²) in [6.07, 6.45) is 4.23. The molecule has 1 aliphatic rings. The maximum atomic E-state index is 12.9. The van der Waals surface area contributed by atoms with Crippen LogP contribution in [-0.2, 0) is 32.5 Å². The molecule has 0 spiro atoms. The van der Waals surface area contributed by atoms with Gasteiger partial charge in [0, 0.05) is 48.1 Å². The van der Waals surface area contributed by atoms with Gasteiger partial charge >= 0.3 is 5.97 Å². The average Bonchev–Trinajstić information content (AvgIpc) is 4.08. The lowest BCUT2D eigenvalue weighted by Crippen LogP contribution is -2.44. The molecule has 0 bridgehead atoms. The summed E-state index contributed by atoms with van der Waals surface area (Å²) < 4.78 is 25.1. The number of nitrogens with one attached hydrogen (secondary N) is 2. The van der Waals surface area contributed by atoms with Crippen LogP contribution >= 0.6 is 34.3 Å². The minimum Gasteiger partial charge on any atom is -0.506 e. The van der Waals surface area contributed by atoms with Crippen molar-refractivity contribution in [2.45, 2.75) is 108 Å². The highest BCUT2D eigenvalue weighted by atomic mass is 35.5. The summed E-state index contributed by atoms with van der Waals surface area (Å²) in [6, 6.07) is 18.1. The third kappa shape index (κ3) is 10.3. The number of pyridine rings is 1. The minimum absolute atomic E-state index is 0.000855. The third-order valence-electron chi connectivity index (χ3n) is 12.8. The van der Waals surface area contributed by atoms with Crippen LogP contribution in [0.2, 0.25) is 23.2 Å². The van der Waals surface area contributed by atoms with Gasteiger partial charge in [0.15, 0.2) is 8.32 Å². The number of aromatic hydroxyl groups is 1. The van der Waals surface area contributed by atoms with E-state index in [0.29, 0.717) is 68.9 Å². The van der Waals surface area contributed by atoms with Crippen LogP contribution in [0.5, 0.6) is 11.5 Å². The number of aliphatic carboxylic acids is 1. The van der Waals surface area contributed by atoms with Crippen molar-refractivity contribution in [3.8, 4) is 22.9 Å². The molecule has 1 fully saturated rings. The van der Waals surface area contributed by atoms with Crippen molar-refractivity contribution in [2.75, 3.05) is 27.2 Å². The predicted octanol–water partition coefficient (Wildman–Crippen LogP) is 10.1. The van der Waals surface area contributed by atoms with Crippen molar-refractivity contribution in [1.29, 1.82) is 0 Å². The number of H-pyrrole nitrogens is 1. The number of phenolic OH excluding ortho intramolecular Hbond substituents is 1. The molecule has 6 aromatic rings. The van der Waals surface area contributed by atoms with E-state index in [-0.39, 0.29) is 28.6 Å². The number of aromatic nitrogens is 3. The fourth-order valence-electron chi connectivity index (χ4n) is 8.16. The van der Waals surface area contributed by atoms with Crippen LogP contribution in [0.3, 0.4) is 0 Å². The number of carboxylic acid groups (broad SMARTS) is 1. The summed E-state index contributed by atoms with van der Waals surface area (Å²) in [4.78, 5) is 36.2. The van der Waals surface area contributed by atoms with Crippen LogP contribution < -0.4 is 15.6 Å². The molecular weight excluding hydrogens is 890 g/mol. The van der Waals surface area contributed by atoms with Crippen molar-refractivity contribution < 1.29 is 33.4 Å². The lowest BCUT2D eigenvalue weighted by Gasteiger charge is -2.39. The summed E-state index contributed by atoms with van der Waals surface area (Å²) in [6.45, 7) is 12.7. The molecule has 4 N–H and O–H groups in total. The first-order valence-electron chi connectivity index (χ1n) is 21.6. The molecule has 4 heterocycles. The van der Waals surface area contributed by atoms with Gasteiger partial charge in [-0.2, -0.15) is 4.98 Å². The van der Waals surface area contributed by atoms with Gasteiger partial charge in [0.2, 0.25) is 22.9 Å². The third-order valence-corrected chi connectivity index (χ3v) is 19.5. The van der Waals surface area contributed by atoms with E-state index in [2.05, 4.69) is 61.3 Å². The number of rotatable bonds is 19. The maximum absolute atomic E-state index is 12.9. The Labute approximate surface area is 387 Å². The first-order chi connectivity index (χ1) is 30.5. The Balaban J connectivity index is 0.947. The van der Waals surface area contributed by atoms with Gasteiger partial charge in [-0.25, -0.2) is 4.79 Å². The monoisotopic (exact) mass is 947 g/mol. The van der Waals surface area contributed by atoms with E-state index in [9.17, 15) is 19.8 Å². The molecule has 13 nitrogen and oxygen atoms in total. The molecule has 17 heteroatoms. The second-order valence-electron chi connectivity index (χ2n) is 18.0. The highest BCUT2D eigenvalue weighted by Gasteiger charge is 2.48. The van der Waals surface area contributed by atoms with Crippen molar-refractivity contribution in [3.05, 3.63) is 114 Å². The van der Waals surface area contributed by atoms with Crippen LogP contribution in [0.25, 0.3) is 22.3 Å². The molecule has 4 aromatic heterocycles. The molecule has 1 saturated carbocycles. The number of aryl methyl sites for hydroxylation is 1. The van der Waals surface area contributed by atoms with Crippen LogP contribution in [0.15, 0.2) is 80.7 Å². The van der Waals surface area contributed by atoms with E-state index < -0.39 is 19.9 Å². The quantitative estimate of drug-likeness (QED) is 0.0567. The number of ether oxygens (including phenoxy) is 2. The molecule has 1 aliphatic carbocycles. The number of halogens is 1. The molecule has 0 saturated heterocycles. The van der Waals surface area contributed by atoms with Gasteiger partial charge < -0.3 is 43.8 Å². The zero-order valence-electron chi connectivity index (χ0n) is 37.4. The lowest BCUT2D eigenvalue weighted by atomic mass is 9.90. The molecule has 0 amide bonds. The number of thiophene rings is 2. The van der Waals surface area contributed by atoms with E-state index in [4.69, 9.17) is 35.0 Å². The second kappa shape index (κ2) is 20.0. The summed E-state index contributed by atoms with van der Waals surface area (Å²) in [7, 11) is 1.47. The van der Waals surface area contributed by atoms with Gasteiger partial charge in [0.25, 0.3) is 0 Å². The molecule has 0 aliphatic heterocycles. The number of carbonyl (C=O) groups is 1. The molecule has 64 heavy (non-hydrogen) atoms.